The Bertz CT molecular complexity index is 372. The van der Waals surface area contributed by atoms with Crippen LogP contribution in [0.3, 0.4) is 0 Å². The monoisotopic (exact) mass is 192 g/mol. The summed E-state index contributed by atoms with van der Waals surface area (Å²) in [6, 6.07) is 3.10. The first-order valence-corrected chi connectivity index (χ1v) is 4.21. The number of carbonyl (C=O) groups is 2. The SMILES string of the molecule is CC(=O)c1ccnc(C(=O)N(C)C)c1. The largest absolute Gasteiger partial charge is 0.343 e. The summed E-state index contributed by atoms with van der Waals surface area (Å²) in [5.41, 5.74) is 0.799. The van der Waals surface area contributed by atoms with Crippen LogP contribution in [0.2, 0.25) is 0 Å². The summed E-state index contributed by atoms with van der Waals surface area (Å²) in [6.07, 6.45) is 1.47. The quantitative estimate of drug-likeness (QED) is 0.656. The summed E-state index contributed by atoms with van der Waals surface area (Å²) in [6.45, 7) is 1.46. The maximum atomic E-state index is 11.5. The number of ketones is 1. The molecule has 1 amide bonds. The van der Waals surface area contributed by atoms with Crippen LogP contribution in [0.25, 0.3) is 0 Å². The van der Waals surface area contributed by atoms with Crippen LogP contribution in [-0.2, 0) is 0 Å². The number of Topliss-reactive ketones (excluding diaryl/α,β-unsaturated/α-hetero) is 1. The van der Waals surface area contributed by atoms with Crippen molar-refractivity contribution in [3.8, 4) is 0 Å². The second kappa shape index (κ2) is 4.00. The van der Waals surface area contributed by atoms with E-state index >= 15 is 0 Å². The molecule has 74 valence electrons. The van der Waals surface area contributed by atoms with Crippen LogP contribution in [0.15, 0.2) is 18.3 Å². The minimum Gasteiger partial charge on any atom is -0.343 e. The molecule has 0 aliphatic rings. The van der Waals surface area contributed by atoms with E-state index in [0.29, 0.717) is 11.3 Å². The zero-order chi connectivity index (χ0) is 10.7. The molecule has 0 radical (unpaired) electrons. The third-order valence-corrected chi connectivity index (χ3v) is 1.79. The first-order chi connectivity index (χ1) is 6.52. The highest BCUT2D eigenvalue weighted by atomic mass is 16.2. The van der Waals surface area contributed by atoms with Gasteiger partial charge in [0.15, 0.2) is 5.78 Å². The molecular formula is C10H12N2O2. The van der Waals surface area contributed by atoms with Crippen molar-refractivity contribution in [3.63, 3.8) is 0 Å². The molecular weight excluding hydrogens is 180 g/mol. The molecule has 14 heavy (non-hydrogen) atoms. The van der Waals surface area contributed by atoms with E-state index in [9.17, 15) is 9.59 Å². The molecule has 0 aromatic carbocycles. The van der Waals surface area contributed by atoms with E-state index in [1.54, 1.807) is 20.2 Å². The van der Waals surface area contributed by atoms with Gasteiger partial charge in [0.1, 0.15) is 5.69 Å². The molecule has 1 rings (SSSR count). The molecule has 1 aromatic rings. The molecule has 0 N–H and O–H groups in total. The van der Waals surface area contributed by atoms with E-state index in [2.05, 4.69) is 4.98 Å². The number of aromatic nitrogens is 1. The molecule has 0 aliphatic carbocycles. The van der Waals surface area contributed by atoms with Gasteiger partial charge in [0.25, 0.3) is 5.91 Å². The number of amides is 1. The zero-order valence-corrected chi connectivity index (χ0v) is 8.44. The lowest BCUT2D eigenvalue weighted by molar-refractivity contribution is 0.0822. The number of carbonyl (C=O) groups excluding carboxylic acids is 2. The van der Waals surface area contributed by atoms with Crippen LogP contribution in [-0.4, -0.2) is 35.7 Å². The molecule has 0 aliphatic heterocycles. The Morgan fingerprint density at radius 3 is 2.50 bits per heavy atom. The van der Waals surface area contributed by atoms with Gasteiger partial charge in [0, 0.05) is 25.9 Å². The molecule has 4 nitrogen and oxygen atoms in total. The Balaban J connectivity index is 3.06. The lowest BCUT2D eigenvalue weighted by Crippen LogP contribution is -2.22. The van der Waals surface area contributed by atoms with E-state index < -0.39 is 0 Å². The Hall–Kier alpha value is -1.71. The van der Waals surface area contributed by atoms with Crippen molar-refractivity contribution in [2.45, 2.75) is 6.92 Å². The third-order valence-electron chi connectivity index (χ3n) is 1.79. The Morgan fingerprint density at radius 1 is 1.36 bits per heavy atom. The number of pyridine rings is 1. The minimum atomic E-state index is -0.201. The lowest BCUT2D eigenvalue weighted by Gasteiger charge is -2.09. The summed E-state index contributed by atoms with van der Waals surface area (Å²) in [5.74, 6) is -0.270. The van der Waals surface area contributed by atoms with Crippen molar-refractivity contribution in [2.75, 3.05) is 14.1 Å². The predicted molar refractivity (Wildman–Crippen MR) is 52.3 cm³/mol. The highest BCUT2D eigenvalue weighted by molar-refractivity contribution is 5.98. The fourth-order valence-corrected chi connectivity index (χ4v) is 0.996. The van der Waals surface area contributed by atoms with Crippen molar-refractivity contribution < 1.29 is 9.59 Å². The summed E-state index contributed by atoms with van der Waals surface area (Å²) >= 11 is 0. The second-order valence-corrected chi connectivity index (χ2v) is 3.19. The van der Waals surface area contributed by atoms with E-state index in [-0.39, 0.29) is 11.7 Å². The molecule has 0 spiro atoms. The van der Waals surface area contributed by atoms with Crippen molar-refractivity contribution in [2.24, 2.45) is 0 Å². The van der Waals surface area contributed by atoms with Crippen molar-refractivity contribution in [1.29, 1.82) is 0 Å². The Labute approximate surface area is 82.6 Å². The van der Waals surface area contributed by atoms with Crippen molar-refractivity contribution in [1.82, 2.24) is 9.88 Å². The van der Waals surface area contributed by atoms with Crippen molar-refractivity contribution >= 4 is 11.7 Å². The predicted octanol–water partition coefficient (Wildman–Crippen LogP) is 0.986. The highest BCUT2D eigenvalue weighted by Gasteiger charge is 2.10. The molecule has 1 aromatic heterocycles. The van der Waals surface area contributed by atoms with Crippen molar-refractivity contribution in [3.05, 3.63) is 29.6 Å². The molecule has 0 atom stereocenters. The Morgan fingerprint density at radius 2 is 2.00 bits per heavy atom. The third kappa shape index (κ3) is 2.16. The molecule has 0 unspecified atom stereocenters. The van der Waals surface area contributed by atoms with Gasteiger partial charge in [-0.3, -0.25) is 14.6 Å². The number of hydrogen-bond donors (Lipinski definition) is 0. The van der Waals surface area contributed by atoms with Crippen LogP contribution in [0.4, 0.5) is 0 Å². The maximum Gasteiger partial charge on any atom is 0.271 e. The highest BCUT2D eigenvalue weighted by Crippen LogP contribution is 2.04. The van der Waals surface area contributed by atoms with Gasteiger partial charge in [-0.1, -0.05) is 0 Å². The van der Waals surface area contributed by atoms with Crippen LogP contribution in [0, 0.1) is 0 Å². The minimum absolute atomic E-state index is 0.0693. The van der Waals surface area contributed by atoms with Gasteiger partial charge in [-0.05, 0) is 19.1 Å². The average Bonchev–Trinajstić information content (AvgIpc) is 2.16. The average molecular weight is 192 g/mol. The van der Waals surface area contributed by atoms with E-state index in [1.165, 1.54) is 24.1 Å². The van der Waals surface area contributed by atoms with E-state index in [1.807, 2.05) is 0 Å². The molecule has 0 saturated carbocycles. The molecule has 0 fully saturated rings. The van der Waals surface area contributed by atoms with Gasteiger partial charge in [-0.2, -0.15) is 0 Å². The first kappa shape index (κ1) is 10.4. The number of rotatable bonds is 2. The van der Waals surface area contributed by atoms with Crippen LogP contribution in [0.1, 0.15) is 27.8 Å². The molecule has 0 saturated heterocycles. The van der Waals surface area contributed by atoms with Gasteiger partial charge in [0.2, 0.25) is 0 Å². The van der Waals surface area contributed by atoms with Gasteiger partial charge < -0.3 is 4.90 Å². The zero-order valence-electron chi connectivity index (χ0n) is 8.44. The van der Waals surface area contributed by atoms with Crippen LogP contribution >= 0.6 is 0 Å². The summed E-state index contributed by atoms with van der Waals surface area (Å²) in [4.78, 5) is 27.8. The lowest BCUT2D eigenvalue weighted by atomic mass is 10.1. The molecule has 0 bridgehead atoms. The van der Waals surface area contributed by atoms with E-state index in [0.717, 1.165) is 0 Å². The second-order valence-electron chi connectivity index (χ2n) is 3.19. The van der Waals surface area contributed by atoms with Crippen LogP contribution in [0.5, 0.6) is 0 Å². The standard InChI is InChI=1S/C10H12N2O2/c1-7(13)8-4-5-11-9(6-8)10(14)12(2)3/h4-6H,1-3H3. The summed E-state index contributed by atoms with van der Waals surface area (Å²) in [7, 11) is 3.29. The van der Waals surface area contributed by atoms with Gasteiger partial charge in [0.05, 0.1) is 0 Å². The first-order valence-electron chi connectivity index (χ1n) is 4.21. The van der Waals surface area contributed by atoms with Gasteiger partial charge >= 0.3 is 0 Å². The molecule has 4 heteroatoms. The smallest absolute Gasteiger partial charge is 0.271 e. The van der Waals surface area contributed by atoms with E-state index in [4.69, 9.17) is 0 Å². The molecule has 1 heterocycles. The number of hydrogen-bond acceptors (Lipinski definition) is 3. The van der Waals surface area contributed by atoms with Gasteiger partial charge in [-0.15, -0.1) is 0 Å². The topological polar surface area (TPSA) is 50.3 Å². The Kier molecular flexibility index (Phi) is 2.96. The normalized spacial score (nSPS) is 9.64. The summed E-state index contributed by atoms with van der Waals surface area (Å²) in [5, 5.41) is 0. The fourth-order valence-electron chi connectivity index (χ4n) is 0.996. The maximum absolute atomic E-state index is 11.5. The summed E-state index contributed by atoms with van der Waals surface area (Å²) < 4.78 is 0. The van der Waals surface area contributed by atoms with Gasteiger partial charge in [-0.25, -0.2) is 0 Å². The fraction of sp³-hybridized carbons (Fsp3) is 0.300. The van der Waals surface area contributed by atoms with Crippen LogP contribution < -0.4 is 0 Å². The number of nitrogens with zero attached hydrogens (tertiary/aromatic N) is 2.